The standard InChI is InChI=1S/C10H5F3N2O3/c11-10(12,13)6-1-2-7(8(5-6)15(16)17)9-3-4-14-18-9/h1-5H. The van der Waals surface area contributed by atoms with Gasteiger partial charge in [0.2, 0.25) is 0 Å². The van der Waals surface area contributed by atoms with E-state index in [2.05, 4.69) is 5.16 Å². The summed E-state index contributed by atoms with van der Waals surface area (Å²) in [6, 6.07) is 3.54. The second kappa shape index (κ2) is 4.13. The lowest BCUT2D eigenvalue weighted by Crippen LogP contribution is -2.06. The number of hydrogen-bond donors (Lipinski definition) is 0. The molecule has 1 aromatic carbocycles. The Morgan fingerprint density at radius 3 is 2.50 bits per heavy atom. The maximum atomic E-state index is 12.4. The van der Waals surface area contributed by atoms with Crippen LogP contribution < -0.4 is 0 Å². The van der Waals surface area contributed by atoms with Gasteiger partial charge in [-0.15, -0.1) is 0 Å². The summed E-state index contributed by atoms with van der Waals surface area (Å²) < 4.78 is 42.0. The molecule has 1 heterocycles. The smallest absolute Gasteiger partial charge is 0.356 e. The molecule has 0 aliphatic heterocycles. The van der Waals surface area contributed by atoms with Crippen molar-refractivity contribution in [2.24, 2.45) is 0 Å². The Balaban J connectivity index is 2.59. The minimum Gasteiger partial charge on any atom is -0.356 e. The predicted molar refractivity (Wildman–Crippen MR) is 53.6 cm³/mol. The molecular weight excluding hydrogens is 253 g/mol. The number of benzene rings is 1. The maximum absolute atomic E-state index is 12.4. The van der Waals surface area contributed by atoms with Gasteiger partial charge in [0.1, 0.15) is 0 Å². The van der Waals surface area contributed by atoms with Gasteiger partial charge in [0.05, 0.1) is 22.2 Å². The van der Waals surface area contributed by atoms with Gasteiger partial charge < -0.3 is 4.52 Å². The molecule has 0 N–H and O–H groups in total. The molecule has 2 rings (SSSR count). The number of aromatic nitrogens is 1. The molecule has 0 amide bonds. The Morgan fingerprint density at radius 2 is 2.00 bits per heavy atom. The van der Waals surface area contributed by atoms with E-state index in [9.17, 15) is 23.3 Å². The molecule has 0 aliphatic carbocycles. The van der Waals surface area contributed by atoms with Gasteiger partial charge in [-0.25, -0.2) is 0 Å². The second-order valence-electron chi connectivity index (χ2n) is 3.36. The Labute approximate surface area is 98.0 Å². The van der Waals surface area contributed by atoms with Crippen LogP contribution in [0.25, 0.3) is 11.3 Å². The van der Waals surface area contributed by atoms with Crippen molar-refractivity contribution in [3.8, 4) is 11.3 Å². The number of nitro groups is 1. The normalized spacial score (nSPS) is 11.5. The minimum absolute atomic E-state index is 0.0374. The summed E-state index contributed by atoms with van der Waals surface area (Å²) in [6.45, 7) is 0. The fraction of sp³-hybridized carbons (Fsp3) is 0.100. The van der Waals surface area contributed by atoms with Crippen molar-refractivity contribution < 1.29 is 22.6 Å². The lowest BCUT2D eigenvalue weighted by Gasteiger charge is -2.07. The summed E-state index contributed by atoms with van der Waals surface area (Å²) in [6.07, 6.45) is -3.39. The average molecular weight is 258 g/mol. The zero-order chi connectivity index (χ0) is 13.3. The molecule has 0 fully saturated rings. The Morgan fingerprint density at radius 1 is 1.28 bits per heavy atom. The predicted octanol–water partition coefficient (Wildman–Crippen LogP) is 3.27. The van der Waals surface area contributed by atoms with E-state index >= 15 is 0 Å². The van der Waals surface area contributed by atoms with Gasteiger partial charge in [-0.05, 0) is 12.1 Å². The van der Waals surface area contributed by atoms with Crippen LogP contribution in [-0.4, -0.2) is 10.1 Å². The van der Waals surface area contributed by atoms with Crippen molar-refractivity contribution >= 4 is 5.69 Å². The lowest BCUT2D eigenvalue weighted by atomic mass is 10.1. The number of nitro benzene ring substituents is 1. The third-order valence-corrected chi connectivity index (χ3v) is 2.23. The van der Waals surface area contributed by atoms with Gasteiger partial charge in [0.15, 0.2) is 5.76 Å². The highest BCUT2D eigenvalue weighted by Gasteiger charge is 2.33. The highest BCUT2D eigenvalue weighted by atomic mass is 19.4. The van der Waals surface area contributed by atoms with Crippen molar-refractivity contribution in [1.29, 1.82) is 0 Å². The highest BCUT2D eigenvalue weighted by molar-refractivity contribution is 5.69. The first-order valence-electron chi connectivity index (χ1n) is 4.66. The van der Waals surface area contributed by atoms with Crippen molar-refractivity contribution in [3.63, 3.8) is 0 Å². The molecule has 18 heavy (non-hydrogen) atoms. The van der Waals surface area contributed by atoms with Gasteiger partial charge in [-0.1, -0.05) is 5.16 Å². The fourth-order valence-electron chi connectivity index (χ4n) is 1.42. The summed E-state index contributed by atoms with van der Waals surface area (Å²) in [7, 11) is 0. The SMILES string of the molecule is O=[N+]([O-])c1cc(C(F)(F)F)ccc1-c1ccno1. The Kier molecular flexibility index (Phi) is 2.77. The average Bonchev–Trinajstić information content (AvgIpc) is 2.80. The summed E-state index contributed by atoms with van der Waals surface area (Å²) >= 11 is 0. The summed E-state index contributed by atoms with van der Waals surface area (Å²) in [5, 5.41) is 14.1. The zero-order valence-corrected chi connectivity index (χ0v) is 8.64. The van der Waals surface area contributed by atoms with Gasteiger partial charge in [0, 0.05) is 12.1 Å². The van der Waals surface area contributed by atoms with Crippen molar-refractivity contribution in [2.45, 2.75) is 6.18 Å². The van der Waals surface area contributed by atoms with E-state index in [1.807, 2.05) is 0 Å². The molecule has 0 bridgehead atoms. The molecule has 0 saturated heterocycles. The molecular formula is C10H5F3N2O3. The van der Waals surface area contributed by atoms with Gasteiger partial charge >= 0.3 is 6.18 Å². The number of nitrogens with zero attached hydrogens (tertiary/aromatic N) is 2. The van der Waals surface area contributed by atoms with Crippen molar-refractivity contribution in [3.05, 3.63) is 46.1 Å². The van der Waals surface area contributed by atoms with E-state index in [0.717, 1.165) is 12.1 Å². The van der Waals surface area contributed by atoms with Crippen molar-refractivity contribution in [1.82, 2.24) is 5.16 Å². The molecule has 94 valence electrons. The Hall–Kier alpha value is -2.38. The number of alkyl halides is 3. The van der Waals surface area contributed by atoms with Crippen LogP contribution >= 0.6 is 0 Å². The lowest BCUT2D eigenvalue weighted by molar-refractivity contribution is -0.384. The molecule has 0 saturated carbocycles. The van der Waals surface area contributed by atoms with E-state index in [-0.39, 0.29) is 11.3 Å². The molecule has 0 aliphatic rings. The molecule has 0 radical (unpaired) electrons. The summed E-state index contributed by atoms with van der Waals surface area (Å²) in [5.41, 5.74) is -1.82. The number of hydrogen-bond acceptors (Lipinski definition) is 4. The Bertz CT molecular complexity index is 579. The minimum atomic E-state index is -4.63. The van der Waals surface area contributed by atoms with E-state index in [1.54, 1.807) is 0 Å². The number of halogens is 3. The summed E-state index contributed by atoms with van der Waals surface area (Å²) in [4.78, 5) is 9.88. The fourth-order valence-corrected chi connectivity index (χ4v) is 1.42. The molecule has 1 aromatic heterocycles. The van der Waals surface area contributed by atoms with Crippen LogP contribution in [0.3, 0.4) is 0 Å². The molecule has 0 spiro atoms. The first-order valence-corrected chi connectivity index (χ1v) is 4.66. The third-order valence-electron chi connectivity index (χ3n) is 2.23. The van der Waals surface area contributed by atoms with E-state index in [0.29, 0.717) is 6.07 Å². The zero-order valence-electron chi connectivity index (χ0n) is 8.64. The molecule has 2 aromatic rings. The van der Waals surface area contributed by atoms with Crippen molar-refractivity contribution in [2.75, 3.05) is 0 Å². The third kappa shape index (κ3) is 2.17. The maximum Gasteiger partial charge on any atom is 0.416 e. The first kappa shape index (κ1) is 12.1. The molecule has 0 unspecified atom stereocenters. The van der Waals surface area contributed by atoms with Crippen LogP contribution in [0.2, 0.25) is 0 Å². The number of rotatable bonds is 2. The van der Waals surface area contributed by atoms with Crippen LogP contribution in [0.5, 0.6) is 0 Å². The quantitative estimate of drug-likeness (QED) is 0.612. The first-order chi connectivity index (χ1) is 8.39. The van der Waals surface area contributed by atoms with Crippen LogP contribution in [-0.2, 0) is 6.18 Å². The molecule has 5 nitrogen and oxygen atoms in total. The van der Waals surface area contributed by atoms with Gasteiger partial charge in [-0.3, -0.25) is 10.1 Å². The monoisotopic (exact) mass is 258 g/mol. The van der Waals surface area contributed by atoms with Crippen LogP contribution in [0, 0.1) is 10.1 Å². The molecule has 0 atom stereocenters. The van der Waals surface area contributed by atoms with Gasteiger partial charge in [-0.2, -0.15) is 13.2 Å². The second-order valence-corrected chi connectivity index (χ2v) is 3.36. The summed E-state index contributed by atoms with van der Waals surface area (Å²) in [5.74, 6) is 0.0374. The highest BCUT2D eigenvalue weighted by Crippen LogP contribution is 2.36. The van der Waals surface area contributed by atoms with E-state index in [1.165, 1.54) is 12.3 Å². The largest absolute Gasteiger partial charge is 0.416 e. The molecule has 8 heteroatoms. The van der Waals surface area contributed by atoms with Crippen LogP contribution in [0.15, 0.2) is 35.0 Å². The van der Waals surface area contributed by atoms with Gasteiger partial charge in [0.25, 0.3) is 5.69 Å². The van der Waals surface area contributed by atoms with E-state index in [4.69, 9.17) is 4.52 Å². The van der Waals surface area contributed by atoms with Crippen LogP contribution in [0.1, 0.15) is 5.56 Å². The topological polar surface area (TPSA) is 69.2 Å². The van der Waals surface area contributed by atoms with Crippen LogP contribution in [0.4, 0.5) is 18.9 Å². The van der Waals surface area contributed by atoms with E-state index < -0.39 is 22.4 Å².